The van der Waals surface area contributed by atoms with Crippen molar-refractivity contribution in [3.05, 3.63) is 26.7 Å². The van der Waals surface area contributed by atoms with Gasteiger partial charge in [-0.15, -0.1) is 0 Å². The average molecular weight is 179 g/mol. The predicted molar refractivity (Wildman–Crippen MR) is 52.5 cm³/mol. The van der Waals surface area contributed by atoms with E-state index in [4.69, 9.17) is 0 Å². The molecular formula is C9H13N3O. The Hall–Kier alpha value is -1.58. The molecule has 0 saturated carbocycles. The van der Waals surface area contributed by atoms with Crippen LogP contribution in [0.25, 0.3) is 12.3 Å². The number of H-pyrrole nitrogens is 1. The molecule has 0 amide bonds. The van der Waals surface area contributed by atoms with Crippen molar-refractivity contribution in [3.8, 4) is 0 Å². The molecule has 1 aromatic rings. The van der Waals surface area contributed by atoms with Crippen LogP contribution in [0, 0.1) is 6.92 Å². The summed E-state index contributed by atoms with van der Waals surface area (Å²) in [6, 6.07) is 0. The van der Waals surface area contributed by atoms with Crippen molar-refractivity contribution in [1.29, 1.82) is 0 Å². The van der Waals surface area contributed by atoms with E-state index < -0.39 is 0 Å². The number of hydrogen-bond donors (Lipinski definition) is 2. The highest BCUT2D eigenvalue weighted by atomic mass is 16.1. The van der Waals surface area contributed by atoms with Gasteiger partial charge in [0.05, 0.1) is 10.6 Å². The van der Waals surface area contributed by atoms with Gasteiger partial charge in [-0.1, -0.05) is 6.08 Å². The van der Waals surface area contributed by atoms with E-state index in [9.17, 15) is 4.79 Å². The van der Waals surface area contributed by atoms with Crippen LogP contribution in [0.15, 0.2) is 4.79 Å². The van der Waals surface area contributed by atoms with Crippen LogP contribution in [0.1, 0.15) is 12.7 Å². The minimum atomic E-state index is -0.116. The maximum Gasteiger partial charge on any atom is 0.260 e. The fourth-order valence-electron chi connectivity index (χ4n) is 1.12. The van der Waals surface area contributed by atoms with Gasteiger partial charge in [-0.3, -0.25) is 4.79 Å². The Morgan fingerprint density at radius 3 is 2.77 bits per heavy atom. The highest BCUT2D eigenvalue weighted by Gasteiger charge is 1.93. The van der Waals surface area contributed by atoms with Crippen molar-refractivity contribution in [1.82, 2.24) is 15.3 Å². The molecule has 4 nitrogen and oxygen atoms in total. The lowest BCUT2D eigenvalue weighted by molar-refractivity contribution is 0.965. The van der Waals surface area contributed by atoms with Gasteiger partial charge in [-0.2, -0.15) is 0 Å². The number of rotatable bonds is 1. The quantitative estimate of drug-likeness (QED) is 0.571. The average Bonchev–Trinajstić information content (AvgIpc) is 2.09. The Morgan fingerprint density at radius 2 is 2.23 bits per heavy atom. The minimum Gasteiger partial charge on any atom is -0.393 e. The number of aromatic amines is 1. The molecule has 4 heteroatoms. The highest BCUT2D eigenvalue weighted by Crippen LogP contribution is 1.68. The Kier molecular flexibility index (Phi) is 2.84. The van der Waals surface area contributed by atoms with E-state index in [1.165, 1.54) is 0 Å². The first kappa shape index (κ1) is 9.51. The first-order chi connectivity index (χ1) is 6.19. The second-order valence-electron chi connectivity index (χ2n) is 2.67. The molecule has 0 aliphatic carbocycles. The van der Waals surface area contributed by atoms with Gasteiger partial charge < -0.3 is 10.3 Å². The Bertz CT molecular complexity index is 459. The van der Waals surface area contributed by atoms with Crippen LogP contribution in [-0.2, 0) is 0 Å². The topological polar surface area (TPSA) is 57.8 Å². The maximum atomic E-state index is 11.4. The van der Waals surface area contributed by atoms with E-state index in [1.807, 2.05) is 13.0 Å². The lowest BCUT2D eigenvalue weighted by atomic mass is 10.4. The fourth-order valence-corrected chi connectivity index (χ4v) is 1.12. The van der Waals surface area contributed by atoms with Crippen molar-refractivity contribution in [2.45, 2.75) is 13.8 Å². The summed E-state index contributed by atoms with van der Waals surface area (Å²) >= 11 is 0. The van der Waals surface area contributed by atoms with Gasteiger partial charge in [0, 0.05) is 13.2 Å². The lowest BCUT2D eigenvalue weighted by Gasteiger charge is -1.93. The second-order valence-corrected chi connectivity index (χ2v) is 2.67. The lowest BCUT2D eigenvalue weighted by Crippen LogP contribution is -2.44. The van der Waals surface area contributed by atoms with Crippen LogP contribution >= 0.6 is 0 Å². The van der Waals surface area contributed by atoms with E-state index in [2.05, 4.69) is 15.3 Å². The molecular weight excluding hydrogens is 166 g/mol. The molecule has 13 heavy (non-hydrogen) atoms. The van der Waals surface area contributed by atoms with Gasteiger partial charge in [0.1, 0.15) is 5.82 Å². The molecule has 0 aliphatic heterocycles. The summed E-state index contributed by atoms with van der Waals surface area (Å²) in [6.45, 7) is 3.62. The molecule has 2 N–H and O–H groups in total. The Labute approximate surface area is 76.0 Å². The molecule has 0 saturated heterocycles. The van der Waals surface area contributed by atoms with Gasteiger partial charge in [0.2, 0.25) is 0 Å². The molecule has 0 atom stereocenters. The first-order valence-electron chi connectivity index (χ1n) is 4.09. The van der Waals surface area contributed by atoms with Crippen LogP contribution in [0.2, 0.25) is 0 Å². The van der Waals surface area contributed by atoms with Crippen molar-refractivity contribution < 1.29 is 0 Å². The van der Waals surface area contributed by atoms with E-state index in [-0.39, 0.29) is 5.56 Å². The van der Waals surface area contributed by atoms with E-state index in [0.717, 1.165) is 0 Å². The number of hydrogen-bond acceptors (Lipinski definition) is 3. The standard InChI is InChI=1S/C9H13N3O/c1-4-8-7(5-10-3)9(13)12-6(2)11-8/h4-5,10H,1-3H3,(H,11,12,13)/b7-5+,8-4+. The van der Waals surface area contributed by atoms with Gasteiger partial charge in [-0.25, -0.2) is 4.98 Å². The van der Waals surface area contributed by atoms with Crippen LogP contribution in [0.3, 0.4) is 0 Å². The molecule has 0 aliphatic rings. The Morgan fingerprint density at radius 1 is 1.54 bits per heavy atom. The van der Waals surface area contributed by atoms with E-state index >= 15 is 0 Å². The monoisotopic (exact) mass is 179 g/mol. The molecule has 0 radical (unpaired) electrons. The van der Waals surface area contributed by atoms with Gasteiger partial charge in [0.25, 0.3) is 5.56 Å². The summed E-state index contributed by atoms with van der Waals surface area (Å²) in [7, 11) is 1.75. The van der Waals surface area contributed by atoms with Crippen LogP contribution in [0.4, 0.5) is 0 Å². The summed E-state index contributed by atoms with van der Waals surface area (Å²) in [4.78, 5) is 18.3. The molecule has 70 valence electrons. The third-order valence-electron chi connectivity index (χ3n) is 1.67. The summed E-state index contributed by atoms with van der Waals surface area (Å²) < 4.78 is 0. The summed E-state index contributed by atoms with van der Waals surface area (Å²) in [6.07, 6.45) is 3.45. The summed E-state index contributed by atoms with van der Waals surface area (Å²) in [5.74, 6) is 0.631. The zero-order valence-electron chi connectivity index (χ0n) is 8.01. The van der Waals surface area contributed by atoms with Crippen molar-refractivity contribution in [2.24, 2.45) is 0 Å². The first-order valence-corrected chi connectivity index (χ1v) is 4.09. The maximum absolute atomic E-state index is 11.4. The molecule has 0 spiro atoms. The summed E-state index contributed by atoms with van der Waals surface area (Å²) in [5, 5.41) is 4.08. The number of nitrogens with one attached hydrogen (secondary N) is 2. The van der Waals surface area contributed by atoms with Crippen molar-refractivity contribution >= 4 is 12.3 Å². The molecule has 0 unspecified atom stereocenters. The molecule has 0 bridgehead atoms. The number of aromatic nitrogens is 2. The molecule has 0 aromatic carbocycles. The largest absolute Gasteiger partial charge is 0.393 e. The predicted octanol–water partition coefficient (Wildman–Crippen LogP) is -1.16. The normalized spacial score (nSPS) is 13.5. The van der Waals surface area contributed by atoms with Gasteiger partial charge >= 0.3 is 0 Å². The number of aryl methyl sites for hydroxylation is 1. The smallest absolute Gasteiger partial charge is 0.260 e. The van der Waals surface area contributed by atoms with Crippen molar-refractivity contribution in [2.75, 3.05) is 7.05 Å². The van der Waals surface area contributed by atoms with Gasteiger partial charge in [-0.05, 0) is 13.8 Å². The van der Waals surface area contributed by atoms with E-state index in [0.29, 0.717) is 16.4 Å². The zero-order valence-corrected chi connectivity index (χ0v) is 8.01. The molecule has 1 aromatic heterocycles. The van der Waals surface area contributed by atoms with E-state index in [1.54, 1.807) is 20.2 Å². The number of nitrogens with zero attached hydrogens (tertiary/aromatic N) is 1. The highest BCUT2D eigenvalue weighted by molar-refractivity contribution is 5.24. The van der Waals surface area contributed by atoms with Gasteiger partial charge in [0.15, 0.2) is 0 Å². The third-order valence-corrected chi connectivity index (χ3v) is 1.67. The molecule has 1 heterocycles. The second kappa shape index (κ2) is 3.89. The van der Waals surface area contributed by atoms with Crippen LogP contribution in [0.5, 0.6) is 0 Å². The zero-order chi connectivity index (χ0) is 9.84. The third kappa shape index (κ3) is 1.96. The van der Waals surface area contributed by atoms with Crippen LogP contribution < -0.4 is 21.4 Å². The fraction of sp³-hybridized carbons (Fsp3) is 0.333. The summed E-state index contributed by atoms with van der Waals surface area (Å²) in [5.41, 5.74) is -0.116. The van der Waals surface area contributed by atoms with Crippen LogP contribution in [-0.4, -0.2) is 17.0 Å². The SMILES string of the molecule is C/C=c1/nc(C)[nH]c(=O)/c1=C/NC. The Balaban J connectivity index is 3.70. The minimum absolute atomic E-state index is 0.116. The van der Waals surface area contributed by atoms with Crippen molar-refractivity contribution in [3.63, 3.8) is 0 Å². The molecule has 1 rings (SSSR count). The molecule has 0 fully saturated rings.